The number of benzene rings is 1. The summed E-state index contributed by atoms with van der Waals surface area (Å²) in [5.41, 5.74) is 5.34. The van der Waals surface area contributed by atoms with Crippen molar-refractivity contribution < 1.29 is 0 Å². The summed E-state index contributed by atoms with van der Waals surface area (Å²) in [6.45, 7) is 8.65. The van der Waals surface area contributed by atoms with Crippen molar-refractivity contribution in [1.29, 1.82) is 0 Å². The Balaban J connectivity index is 3.05. The van der Waals surface area contributed by atoms with Crippen molar-refractivity contribution in [3.8, 4) is 0 Å². The number of allylic oxidation sites excluding steroid dienone is 2. The molecular weight excluding hydrogens is 296 g/mol. The summed E-state index contributed by atoms with van der Waals surface area (Å²) in [7, 11) is 0. The van der Waals surface area contributed by atoms with E-state index in [0.717, 1.165) is 5.33 Å². The lowest BCUT2D eigenvalue weighted by molar-refractivity contribution is 0.598. The van der Waals surface area contributed by atoms with Crippen molar-refractivity contribution >= 4 is 33.1 Å². The number of rotatable bonds is 4. The molecule has 0 aromatic heterocycles. The van der Waals surface area contributed by atoms with Crippen LogP contribution in [0.4, 0.5) is 0 Å². The SMILES string of the molecule is CC(CBr)=C(C)c1ccc(C(C)(C)CCl)cc1. The van der Waals surface area contributed by atoms with E-state index in [9.17, 15) is 0 Å². The Morgan fingerprint density at radius 3 is 2.12 bits per heavy atom. The lowest BCUT2D eigenvalue weighted by Gasteiger charge is -2.22. The van der Waals surface area contributed by atoms with E-state index in [2.05, 4.69) is 67.9 Å². The van der Waals surface area contributed by atoms with Gasteiger partial charge in [-0.2, -0.15) is 0 Å². The summed E-state index contributed by atoms with van der Waals surface area (Å²) in [5, 5.41) is 0.924. The molecule has 0 spiro atoms. The summed E-state index contributed by atoms with van der Waals surface area (Å²) < 4.78 is 0. The van der Waals surface area contributed by atoms with Gasteiger partial charge in [0.15, 0.2) is 0 Å². The van der Waals surface area contributed by atoms with Crippen LogP contribution in [0.2, 0.25) is 0 Å². The molecular formula is C15H20BrCl. The smallest absolute Gasteiger partial charge is 0.0315 e. The molecule has 17 heavy (non-hydrogen) atoms. The summed E-state index contributed by atoms with van der Waals surface area (Å²) in [6.07, 6.45) is 0. The molecule has 0 unspecified atom stereocenters. The van der Waals surface area contributed by atoms with Gasteiger partial charge < -0.3 is 0 Å². The van der Waals surface area contributed by atoms with E-state index in [1.54, 1.807) is 0 Å². The summed E-state index contributed by atoms with van der Waals surface area (Å²) >= 11 is 9.48. The van der Waals surface area contributed by atoms with Crippen molar-refractivity contribution in [2.75, 3.05) is 11.2 Å². The molecule has 2 heteroatoms. The van der Waals surface area contributed by atoms with Crippen LogP contribution in [0, 0.1) is 0 Å². The van der Waals surface area contributed by atoms with E-state index in [0.29, 0.717) is 5.88 Å². The summed E-state index contributed by atoms with van der Waals surface area (Å²) in [5.74, 6) is 0.640. The Kier molecular flexibility index (Phi) is 5.27. The van der Waals surface area contributed by atoms with E-state index in [1.807, 2.05) is 0 Å². The first-order valence-corrected chi connectivity index (χ1v) is 7.47. The predicted octanol–water partition coefficient (Wildman–Crippen LogP) is 5.39. The highest BCUT2D eigenvalue weighted by atomic mass is 79.9. The van der Waals surface area contributed by atoms with E-state index in [4.69, 9.17) is 11.6 Å². The van der Waals surface area contributed by atoms with Gasteiger partial charge in [-0.1, -0.05) is 59.6 Å². The predicted molar refractivity (Wildman–Crippen MR) is 82.3 cm³/mol. The Morgan fingerprint density at radius 2 is 1.71 bits per heavy atom. The highest BCUT2D eigenvalue weighted by molar-refractivity contribution is 9.09. The molecule has 0 nitrogen and oxygen atoms in total. The van der Waals surface area contributed by atoms with Gasteiger partial charge in [-0.05, 0) is 30.5 Å². The Hall–Kier alpha value is -0.270. The Labute approximate surface area is 118 Å². The molecule has 0 bridgehead atoms. The zero-order valence-corrected chi connectivity index (χ0v) is 13.3. The zero-order valence-electron chi connectivity index (χ0n) is 11.0. The molecule has 1 aromatic rings. The molecule has 0 saturated carbocycles. The monoisotopic (exact) mass is 314 g/mol. The van der Waals surface area contributed by atoms with Gasteiger partial charge in [0.1, 0.15) is 0 Å². The molecule has 0 amide bonds. The maximum Gasteiger partial charge on any atom is 0.0315 e. The van der Waals surface area contributed by atoms with Crippen molar-refractivity contribution in [3.63, 3.8) is 0 Å². The van der Waals surface area contributed by atoms with Crippen molar-refractivity contribution in [3.05, 3.63) is 41.0 Å². The van der Waals surface area contributed by atoms with Gasteiger partial charge >= 0.3 is 0 Å². The average molecular weight is 316 g/mol. The first kappa shape index (κ1) is 14.8. The fourth-order valence-electron chi connectivity index (χ4n) is 1.60. The minimum Gasteiger partial charge on any atom is -0.126 e. The van der Waals surface area contributed by atoms with Crippen LogP contribution >= 0.6 is 27.5 Å². The van der Waals surface area contributed by atoms with Crippen LogP contribution in [0.3, 0.4) is 0 Å². The minimum absolute atomic E-state index is 0.0438. The zero-order chi connectivity index (χ0) is 13.1. The van der Waals surface area contributed by atoms with Gasteiger partial charge in [0.2, 0.25) is 0 Å². The highest BCUT2D eigenvalue weighted by Crippen LogP contribution is 2.27. The van der Waals surface area contributed by atoms with E-state index in [1.165, 1.54) is 22.3 Å². The van der Waals surface area contributed by atoms with Gasteiger partial charge in [0.25, 0.3) is 0 Å². The first-order valence-electron chi connectivity index (χ1n) is 5.81. The van der Waals surface area contributed by atoms with Crippen molar-refractivity contribution in [1.82, 2.24) is 0 Å². The highest BCUT2D eigenvalue weighted by Gasteiger charge is 2.18. The van der Waals surface area contributed by atoms with Crippen LogP contribution in [0.1, 0.15) is 38.8 Å². The van der Waals surface area contributed by atoms with Crippen molar-refractivity contribution in [2.24, 2.45) is 0 Å². The van der Waals surface area contributed by atoms with Gasteiger partial charge in [0, 0.05) is 16.6 Å². The molecule has 0 aliphatic rings. The van der Waals surface area contributed by atoms with Crippen LogP contribution < -0.4 is 0 Å². The van der Waals surface area contributed by atoms with E-state index >= 15 is 0 Å². The molecule has 0 atom stereocenters. The molecule has 1 aromatic carbocycles. The summed E-state index contributed by atoms with van der Waals surface area (Å²) in [4.78, 5) is 0. The maximum atomic E-state index is 5.99. The molecule has 0 saturated heterocycles. The molecule has 0 radical (unpaired) electrons. The van der Waals surface area contributed by atoms with Gasteiger partial charge in [-0.3, -0.25) is 0 Å². The minimum atomic E-state index is 0.0438. The molecule has 0 heterocycles. The fraction of sp³-hybridized carbons (Fsp3) is 0.467. The lowest BCUT2D eigenvalue weighted by atomic mass is 9.86. The molecule has 1 rings (SSSR count). The second-order valence-corrected chi connectivity index (χ2v) is 5.96. The summed E-state index contributed by atoms with van der Waals surface area (Å²) in [6, 6.07) is 8.74. The van der Waals surface area contributed by atoms with Crippen LogP contribution in [0.25, 0.3) is 5.57 Å². The Bertz CT molecular complexity index is 401. The molecule has 94 valence electrons. The number of hydrogen-bond donors (Lipinski definition) is 0. The molecule has 0 fully saturated rings. The number of alkyl halides is 2. The normalized spacial score (nSPS) is 13.5. The van der Waals surface area contributed by atoms with Crippen LogP contribution in [-0.4, -0.2) is 11.2 Å². The van der Waals surface area contributed by atoms with Crippen LogP contribution in [0.15, 0.2) is 29.8 Å². The van der Waals surface area contributed by atoms with Gasteiger partial charge in [-0.25, -0.2) is 0 Å². The van der Waals surface area contributed by atoms with Crippen molar-refractivity contribution in [2.45, 2.75) is 33.1 Å². The first-order chi connectivity index (χ1) is 7.92. The quantitative estimate of drug-likeness (QED) is 0.653. The van der Waals surface area contributed by atoms with E-state index in [-0.39, 0.29) is 5.41 Å². The lowest BCUT2D eigenvalue weighted by Crippen LogP contribution is -2.18. The largest absolute Gasteiger partial charge is 0.126 e. The Morgan fingerprint density at radius 1 is 1.18 bits per heavy atom. The number of halogens is 2. The average Bonchev–Trinajstić information content (AvgIpc) is 2.37. The molecule has 0 aliphatic carbocycles. The molecule has 0 N–H and O–H groups in total. The maximum absolute atomic E-state index is 5.99. The standard InChI is InChI=1S/C15H20BrCl/c1-11(9-16)12(2)13-5-7-14(8-6-13)15(3,4)10-17/h5-8H,9-10H2,1-4H3. The number of hydrogen-bond acceptors (Lipinski definition) is 0. The van der Waals surface area contributed by atoms with E-state index < -0.39 is 0 Å². The van der Waals surface area contributed by atoms with Crippen LogP contribution in [-0.2, 0) is 5.41 Å². The van der Waals surface area contributed by atoms with Crippen LogP contribution in [0.5, 0.6) is 0 Å². The third-order valence-electron chi connectivity index (χ3n) is 3.27. The fourth-order valence-corrected chi connectivity index (χ4v) is 2.17. The second kappa shape index (κ2) is 6.06. The van der Waals surface area contributed by atoms with Gasteiger partial charge in [0.05, 0.1) is 0 Å². The third-order valence-corrected chi connectivity index (χ3v) is 4.78. The topological polar surface area (TPSA) is 0 Å². The second-order valence-electron chi connectivity index (χ2n) is 5.13. The third kappa shape index (κ3) is 3.59. The van der Waals surface area contributed by atoms with Gasteiger partial charge in [-0.15, -0.1) is 11.6 Å². The molecule has 0 aliphatic heterocycles.